The third-order valence-electron chi connectivity index (χ3n) is 17.5. The SMILES string of the molecule is CC(C)c1ccccc1C1CN(C2CCCc3ccccc32)CCN1C1CC2(CCN(c3ccc(C(=O)NS(=O)(=O)c4ccc(NC[C@H]5CC[C@](C)(O)CC5)c([N+](=O)[O-])c4)c(Oc4cnc5[nH]ccc5c4)c3)CC2)C1. The van der Waals surface area contributed by atoms with Gasteiger partial charge in [0.15, 0.2) is 0 Å². The van der Waals surface area contributed by atoms with Crippen molar-refractivity contribution in [1.29, 1.82) is 0 Å². The predicted octanol–water partition coefficient (Wildman–Crippen LogP) is 11.0. The van der Waals surface area contributed by atoms with Gasteiger partial charge in [0.2, 0.25) is 0 Å². The molecule has 2 aliphatic heterocycles. The number of sulfonamides is 1. The maximum atomic E-state index is 14.1. The molecule has 2 saturated heterocycles. The van der Waals surface area contributed by atoms with Gasteiger partial charge >= 0.3 is 0 Å². The number of anilines is 2. The maximum Gasteiger partial charge on any atom is 0.293 e. The Balaban J connectivity index is 0.787. The van der Waals surface area contributed by atoms with Gasteiger partial charge in [-0.05, 0) is 153 Å². The number of pyridine rings is 1. The van der Waals surface area contributed by atoms with Crippen molar-refractivity contribution in [1.82, 2.24) is 24.5 Å². The third-order valence-corrected chi connectivity index (χ3v) is 18.8. The molecule has 4 fully saturated rings. The first kappa shape index (κ1) is 50.8. The molecule has 4 heterocycles. The first-order chi connectivity index (χ1) is 36.1. The summed E-state index contributed by atoms with van der Waals surface area (Å²) in [5, 5.41) is 26.5. The summed E-state index contributed by atoms with van der Waals surface area (Å²) in [5.41, 5.74) is 6.74. The van der Waals surface area contributed by atoms with Crippen molar-refractivity contribution in [2.45, 2.75) is 126 Å². The molecular weight excluding hydrogens is 965 g/mol. The molecule has 15 nitrogen and oxygen atoms in total. The molecule has 2 atom stereocenters. The zero-order valence-electron chi connectivity index (χ0n) is 43.3. The average Bonchev–Trinajstić information content (AvgIpc) is 3.89. The summed E-state index contributed by atoms with van der Waals surface area (Å²) in [5.74, 6) is 0.212. The summed E-state index contributed by atoms with van der Waals surface area (Å²) in [6.45, 7) is 11.7. The van der Waals surface area contributed by atoms with Gasteiger partial charge in [0.25, 0.3) is 21.6 Å². The van der Waals surface area contributed by atoms with E-state index in [-0.39, 0.29) is 28.3 Å². The number of fused-ring (bicyclic) bond motifs is 2. The Bertz CT molecular complexity index is 3190. The summed E-state index contributed by atoms with van der Waals surface area (Å²) in [7, 11) is -4.58. The molecule has 6 aromatic rings. The van der Waals surface area contributed by atoms with Crippen molar-refractivity contribution in [2.24, 2.45) is 11.3 Å². The maximum absolute atomic E-state index is 14.1. The summed E-state index contributed by atoms with van der Waals surface area (Å²) in [4.78, 5) is 40.9. The number of nitro groups is 1. The van der Waals surface area contributed by atoms with E-state index in [2.05, 4.69) is 97.1 Å². The van der Waals surface area contributed by atoms with Crippen LogP contribution >= 0.6 is 0 Å². The average molecular weight is 1040 g/mol. The first-order valence-electron chi connectivity index (χ1n) is 27.1. The quantitative estimate of drug-likeness (QED) is 0.0598. The highest BCUT2D eigenvalue weighted by Crippen LogP contribution is 2.54. The highest BCUT2D eigenvalue weighted by molar-refractivity contribution is 7.90. The first-order valence-corrected chi connectivity index (χ1v) is 28.6. The van der Waals surface area contributed by atoms with E-state index in [9.17, 15) is 28.4 Å². The topological polar surface area (TPSA) is 186 Å². The molecule has 75 heavy (non-hydrogen) atoms. The number of aromatic nitrogens is 2. The number of aliphatic hydroxyl groups is 1. The molecule has 4 N–H and O–H groups in total. The lowest BCUT2D eigenvalue weighted by Gasteiger charge is -2.59. The van der Waals surface area contributed by atoms with Crippen LogP contribution in [0.2, 0.25) is 0 Å². The fraction of sp³-hybridized carbons (Fsp3) is 0.458. The van der Waals surface area contributed by atoms with E-state index in [1.54, 1.807) is 30.6 Å². The fourth-order valence-electron chi connectivity index (χ4n) is 13.1. The zero-order chi connectivity index (χ0) is 52.1. The van der Waals surface area contributed by atoms with Gasteiger partial charge in [-0.25, -0.2) is 18.1 Å². The van der Waals surface area contributed by atoms with Gasteiger partial charge in [-0.1, -0.05) is 62.4 Å². The molecule has 2 saturated carbocycles. The highest BCUT2D eigenvalue weighted by atomic mass is 32.2. The van der Waals surface area contributed by atoms with Crippen molar-refractivity contribution in [2.75, 3.05) is 49.5 Å². The number of nitrogens with one attached hydrogen (secondary N) is 3. The molecule has 3 aliphatic carbocycles. The second kappa shape index (κ2) is 20.7. The van der Waals surface area contributed by atoms with Gasteiger partial charge in [0, 0.05) is 86.8 Å². The van der Waals surface area contributed by atoms with Crippen LogP contribution in [-0.2, 0) is 16.4 Å². The van der Waals surface area contributed by atoms with Crippen LogP contribution in [0.3, 0.4) is 0 Å². The van der Waals surface area contributed by atoms with Crippen LogP contribution < -0.4 is 19.7 Å². The van der Waals surface area contributed by atoms with E-state index in [1.165, 1.54) is 53.6 Å². The van der Waals surface area contributed by atoms with Crippen molar-refractivity contribution >= 4 is 44.0 Å². The minimum Gasteiger partial charge on any atom is -0.455 e. The molecule has 5 aliphatic rings. The molecule has 1 amide bonds. The molecular formula is C59H70N8O7S. The lowest BCUT2D eigenvalue weighted by Crippen LogP contribution is -2.60. The molecule has 394 valence electrons. The number of nitrogens with zero attached hydrogens (tertiary/aromatic N) is 5. The number of amides is 1. The Morgan fingerprint density at radius 1 is 0.907 bits per heavy atom. The van der Waals surface area contributed by atoms with E-state index in [1.807, 2.05) is 19.1 Å². The lowest BCUT2D eigenvalue weighted by atomic mass is 9.59. The van der Waals surface area contributed by atoms with E-state index in [0.717, 1.165) is 88.4 Å². The third kappa shape index (κ3) is 10.6. The van der Waals surface area contributed by atoms with E-state index < -0.39 is 37.0 Å². The van der Waals surface area contributed by atoms with Gasteiger partial charge in [0.1, 0.15) is 22.8 Å². The largest absolute Gasteiger partial charge is 0.455 e. The number of aryl methyl sites for hydroxylation is 1. The van der Waals surface area contributed by atoms with Crippen molar-refractivity contribution in [3.05, 3.63) is 147 Å². The number of rotatable bonds is 14. The number of piperidine rings is 1. The minimum atomic E-state index is -4.58. The number of carbonyl (C=O) groups excluding carboxylic acids is 1. The van der Waals surface area contributed by atoms with Gasteiger partial charge in [-0.15, -0.1) is 0 Å². The number of ether oxygens (including phenoxy) is 1. The van der Waals surface area contributed by atoms with Crippen LogP contribution in [0.25, 0.3) is 11.0 Å². The Kier molecular flexibility index (Phi) is 14.0. The number of nitro benzene ring substituents is 1. The molecule has 11 rings (SSSR count). The Hall–Kier alpha value is -6.33. The smallest absolute Gasteiger partial charge is 0.293 e. The Labute approximate surface area is 440 Å². The number of hydrogen-bond acceptors (Lipinski definition) is 12. The second-order valence-corrected chi connectivity index (χ2v) is 24.4. The summed E-state index contributed by atoms with van der Waals surface area (Å²) in [6, 6.07) is 32.0. The minimum absolute atomic E-state index is 0.0209. The zero-order valence-corrected chi connectivity index (χ0v) is 44.2. The second-order valence-electron chi connectivity index (χ2n) is 22.7. The van der Waals surface area contributed by atoms with Crippen LogP contribution in [0, 0.1) is 21.4 Å². The summed E-state index contributed by atoms with van der Waals surface area (Å²) >= 11 is 0. The van der Waals surface area contributed by atoms with Crippen molar-refractivity contribution in [3.63, 3.8) is 0 Å². The lowest BCUT2D eigenvalue weighted by molar-refractivity contribution is -0.384. The highest BCUT2D eigenvalue weighted by Gasteiger charge is 2.50. The van der Waals surface area contributed by atoms with Gasteiger partial charge in [-0.3, -0.25) is 24.7 Å². The number of piperazine rings is 1. The monoisotopic (exact) mass is 1030 g/mol. The molecule has 16 heteroatoms. The van der Waals surface area contributed by atoms with Crippen molar-refractivity contribution < 1.29 is 28.0 Å². The van der Waals surface area contributed by atoms with Crippen LogP contribution in [0.1, 0.15) is 136 Å². The standard InChI is InChI=1S/C59H70N8O7S/c1-39(2)47-11-6-7-13-49(47)54-38-65(52-14-8-10-41-9-4-5-12-48(41)52)29-30-66(54)44-34-59(35-44)24-27-64(28-25-59)43-15-17-50(55(32-43)74-45-31-42-21-26-60-56(42)62-37-45)57(68)63-75(72,73)46-16-18-51(53(33-46)67(70)71)61-36-40-19-22-58(3,69)23-20-40/h4-7,9,11-13,15-18,21,26,31-33,37,39-40,44,52,54,61,69H,8,10,14,19-20,22-25,27-30,34-36,38H2,1-3H3,(H,60,62)(H,63,68)/t40-,52?,54?,58-. The van der Waals surface area contributed by atoms with Crippen LogP contribution in [0.15, 0.2) is 114 Å². The van der Waals surface area contributed by atoms with Gasteiger partial charge < -0.3 is 25.0 Å². The van der Waals surface area contributed by atoms with E-state index in [0.29, 0.717) is 54.8 Å². The van der Waals surface area contributed by atoms with Crippen molar-refractivity contribution in [3.8, 4) is 11.5 Å². The Morgan fingerprint density at radius 2 is 1.67 bits per heavy atom. The molecule has 4 aromatic carbocycles. The normalized spacial score (nSPS) is 23.4. The van der Waals surface area contributed by atoms with Gasteiger partial charge in [0.05, 0.1) is 27.2 Å². The van der Waals surface area contributed by atoms with Crippen LogP contribution in [0.4, 0.5) is 17.1 Å². The Morgan fingerprint density at radius 3 is 2.44 bits per heavy atom. The summed E-state index contributed by atoms with van der Waals surface area (Å²) < 4.78 is 36.3. The van der Waals surface area contributed by atoms with E-state index >= 15 is 0 Å². The molecule has 0 bridgehead atoms. The van der Waals surface area contributed by atoms with E-state index in [4.69, 9.17) is 4.74 Å². The fourth-order valence-corrected chi connectivity index (χ4v) is 14.1. The van der Waals surface area contributed by atoms with Crippen LogP contribution in [-0.4, -0.2) is 95.0 Å². The van der Waals surface area contributed by atoms with Gasteiger partial charge in [-0.2, -0.15) is 0 Å². The van der Waals surface area contributed by atoms with Crippen LogP contribution in [0.5, 0.6) is 11.5 Å². The number of aromatic amines is 1. The molecule has 1 spiro atoms. The number of hydrogen-bond donors (Lipinski definition) is 4. The summed E-state index contributed by atoms with van der Waals surface area (Å²) in [6.07, 6.45) is 14.1. The number of H-pyrrole nitrogens is 1. The molecule has 0 radical (unpaired) electrons. The predicted molar refractivity (Wildman–Crippen MR) is 292 cm³/mol. The molecule has 2 aromatic heterocycles. The number of benzene rings is 4. The molecule has 2 unspecified atom stereocenters. The number of carbonyl (C=O) groups is 1.